The van der Waals surface area contributed by atoms with E-state index in [9.17, 15) is 9.59 Å². The third-order valence-corrected chi connectivity index (χ3v) is 5.42. The molecule has 3 fully saturated rings. The maximum atomic E-state index is 12.8. The summed E-state index contributed by atoms with van der Waals surface area (Å²) in [6, 6.07) is 7.51. The van der Waals surface area contributed by atoms with E-state index < -0.39 is 0 Å². The number of amides is 2. The summed E-state index contributed by atoms with van der Waals surface area (Å²) in [5, 5.41) is 0. The number of hydrogen-bond acceptors (Lipinski definition) is 4. The molecule has 0 aliphatic carbocycles. The first-order chi connectivity index (χ1) is 11.7. The van der Waals surface area contributed by atoms with E-state index in [1.807, 2.05) is 17.0 Å². The topological polar surface area (TPSA) is 53.1 Å². The van der Waals surface area contributed by atoms with Gasteiger partial charge in [-0.05, 0) is 30.5 Å². The van der Waals surface area contributed by atoms with Crippen molar-refractivity contribution in [3.63, 3.8) is 0 Å². The molecule has 3 heterocycles. The highest BCUT2D eigenvalue weighted by molar-refractivity contribution is 5.97. The van der Waals surface area contributed by atoms with Crippen molar-refractivity contribution < 1.29 is 14.3 Å². The van der Waals surface area contributed by atoms with Gasteiger partial charge in [0.2, 0.25) is 11.8 Å². The first-order valence-electron chi connectivity index (χ1n) is 8.63. The van der Waals surface area contributed by atoms with Crippen molar-refractivity contribution in [1.82, 2.24) is 14.7 Å². The molecule has 0 bridgehead atoms. The molecule has 0 spiro atoms. The fourth-order valence-corrected chi connectivity index (χ4v) is 4.12. The molecule has 6 heteroatoms. The zero-order chi connectivity index (χ0) is 16.7. The second-order valence-corrected chi connectivity index (χ2v) is 6.82. The number of piperazine rings is 2. The van der Waals surface area contributed by atoms with E-state index in [0.29, 0.717) is 13.1 Å². The summed E-state index contributed by atoms with van der Waals surface area (Å²) >= 11 is 0. The van der Waals surface area contributed by atoms with Crippen LogP contribution in [0.5, 0.6) is 5.75 Å². The lowest BCUT2D eigenvalue weighted by molar-refractivity contribution is -0.163. The first-order valence-corrected chi connectivity index (χ1v) is 8.63. The SMILES string of the molecule is COc1ccc(CN2CCN3C(=O)[C@H]4CCCN4C(=O)[C@H]3C2)cc1. The Balaban J connectivity index is 1.46. The van der Waals surface area contributed by atoms with Gasteiger partial charge in [0, 0.05) is 32.7 Å². The van der Waals surface area contributed by atoms with Crippen molar-refractivity contribution in [3.8, 4) is 5.75 Å². The summed E-state index contributed by atoms with van der Waals surface area (Å²) in [5.74, 6) is 1.13. The summed E-state index contributed by atoms with van der Waals surface area (Å²) in [7, 11) is 1.66. The Morgan fingerprint density at radius 2 is 1.71 bits per heavy atom. The Kier molecular flexibility index (Phi) is 3.92. The van der Waals surface area contributed by atoms with Crippen LogP contribution in [-0.2, 0) is 16.1 Å². The average molecular weight is 329 g/mol. The van der Waals surface area contributed by atoms with E-state index in [0.717, 1.165) is 38.2 Å². The van der Waals surface area contributed by atoms with E-state index in [4.69, 9.17) is 4.74 Å². The van der Waals surface area contributed by atoms with Crippen LogP contribution < -0.4 is 4.74 Å². The molecule has 6 nitrogen and oxygen atoms in total. The highest BCUT2D eigenvalue weighted by Crippen LogP contribution is 2.29. The summed E-state index contributed by atoms with van der Waals surface area (Å²) in [6.45, 7) is 3.61. The van der Waals surface area contributed by atoms with Crippen LogP contribution in [0.2, 0.25) is 0 Å². The van der Waals surface area contributed by atoms with E-state index in [2.05, 4.69) is 17.0 Å². The molecule has 2 atom stereocenters. The van der Waals surface area contributed by atoms with Crippen LogP contribution in [0.15, 0.2) is 24.3 Å². The van der Waals surface area contributed by atoms with Crippen molar-refractivity contribution in [2.45, 2.75) is 31.5 Å². The highest BCUT2D eigenvalue weighted by Gasteiger charge is 2.49. The number of rotatable bonds is 3. The van der Waals surface area contributed by atoms with E-state index >= 15 is 0 Å². The fraction of sp³-hybridized carbons (Fsp3) is 0.556. The van der Waals surface area contributed by atoms with Gasteiger partial charge in [-0.25, -0.2) is 0 Å². The Bertz CT molecular complexity index is 645. The lowest BCUT2D eigenvalue weighted by Gasteiger charge is -2.47. The largest absolute Gasteiger partial charge is 0.497 e. The van der Waals surface area contributed by atoms with Gasteiger partial charge in [0.05, 0.1) is 7.11 Å². The molecule has 1 aromatic rings. The summed E-state index contributed by atoms with van der Waals surface area (Å²) in [5.41, 5.74) is 1.19. The normalized spacial score (nSPS) is 27.2. The zero-order valence-corrected chi connectivity index (χ0v) is 14.0. The number of hydrogen-bond donors (Lipinski definition) is 0. The zero-order valence-electron chi connectivity index (χ0n) is 14.0. The van der Waals surface area contributed by atoms with Gasteiger partial charge in [0.25, 0.3) is 0 Å². The fourth-order valence-electron chi connectivity index (χ4n) is 4.12. The predicted molar refractivity (Wildman–Crippen MR) is 88.5 cm³/mol. The number of benzene rings is 1. The van der Waals surface area contributed by atoms with Crippen molar-refractivity contribution in [3.05, 3.63) is 29.8 Å². The predicted octanol–water partition coefficient (Wildman–Crippen LogP) is 0.713. The number of ether oxygens (including phenoxy) is 1. The van der Waals surface area contributed by atoms with Gasteiger partial charge in [0.15, 0.2) is 0 Å². The Labute approximate surface area is 142 Å². The molecule has 1 aromatic carbocycles. The van der Waals surface area contributed by atoms with E-state index in [1.54, 1.807) is 12.0 Å². The van der Waals surface area contributed by atoms with Crippen LogP contribution in [0.3, 0.4) is 0 Å². The third kappa shape index (κ3) is 2.55. The van der Waals surface area contributed by atoms with Crippen LogP contribution in [0, 0.1) is 0 Å². The quantitative estimate of drug-likeness (QED) is 0.820. The number of nitrogens with zero attached hydrogens (tertiary/aromatic N) is 3. The molecule has 4 rings (SSSR count). The molecular formula is C18H23N3O3. The van der Waals surface area contributed by atoms with Crippen LogP contribution in [0.1, 0.15) is 18.4 Å². The molecule has 0 N–H and O–H groups in total. The van der Waals surface area contributed by atoms with Crippen LogP contribution in [0.4, 0.5) is 0 Å². The molecule has 2 amide bonds. The van der Waals surface area contributed by atoms with Crippen molar-refractivity contribution in [1.29, 1.82) is 0 Å². The summed E-state index contributed by atoms with van der Waals surface area (Å²) in [6.07, 6.45) is 1.77. The van der Waals surface area contributed by atoms with Gasteiger partial charge in [-0.1, -0.05) is 12.1 Å². The maximum Gasteiger partial charge on any atom is 0.247 e. The first kappa shape index (κ1) is 15.4. The Hall–Kier alpha value is -2.08. The van der Waals surface area contributed by atoms with Crippen LogP contribution >= 0.6 is 0 Å². The van der Waals surface area contributed by atoms with Gasteiger partial charge < -0.3 is 14.5 Å². The van der Waals surface area contributed by atoms with Crippen molar-refractivity contribution >= 4 is 11.8 Å². The molecule has 24 heavy (non-hydrogen) atoms. The number of fused-ring (bicyclic) bond motifs is 2. The number of methoxy groups -OCH3 is 1. The van der Waals surface area contributed by atoms with Crippen LogP contribution in [0.25, 0.3) is 0 Å². The molecule has 0 aromatic heterocycles. The second kappa shape index (κ2) is 6.09. The van der Waals surface area contributed by atoms with E-state index in [-0.39, 0.29) is 23.9 Å². The van der Waals surface area contributed by atoms with Gasteiger partial charge in [-0.15, -0.1) is 0 Å². The number of carbonyl (C=O) groups is 2. The van der Waals surface area contributed by atoms with Gasteiger partial charge >= 0.3 is 0 Å². The molecule has 0 saturated carbocycles. The molecule has 0 radical (unpaired) electrons. The monoisotopic (exact) mass is 329 g/mol. The van der Waals surface area contributed by atoms with Crippen LogP contribution in [-0.4, -0.2) is 71.9 Å². The lowest BCUT2D eigenvalue weighted by atomic mass is 10.0. The number of carbonyl (C=O) groups excluding carboxylic acids is 2. The minimum absolute atomic E-state index is 0.136. The molecule has 0 unspecified atom stereocenters. The Morgan fingerprint density at radius 1 is 1.00 bits per heavy atom. The molecule has 128 valence electrons. The van der Waals surface area contributed by atoms with Gasteiger partial charge in [-0.2, -0.15) is 0 Å². The standard InChI is InChI=1S/C18H23N3O3/c1-24-14-6-4-13(5-7-14)11-19-9-10-21-16(12-19)18(23)20-8-2-3-15(20)17(21)22/h4-7,15-16H,2-3,8-12H2,1H3/t15-,16-/m1/s1. The third-order valence-electron chi connectivity index (χ3n) is 5.42. The maximum absolute atomic E-state index is 12.8. The van der Waals surface area contributed by atoms with Crippen molar-refractivity contribution in [2.24, 2.45) is 0 Å². The average Bonchev–Trinajstić information content (AvgIpc) is 3.10. The lowest BCUT2D eigenvalue weighted by Crippen LogP contribution is -2.68. The summed E-state index contributed by atoms with van der Waals surface area (Å²) < 4.78 is 5.19. The van der Waals surface area contributed by atoms with E-state index in [1.165, 1.54) is 5.56 Å². The molecule has 3 aliphatic heterocycles. The minimum Gasteiger partial charge on any atom is -0.497 e. The summed E-state index contributed by atoms with van der Waals surface area (Å²) in [4.78, 5) is 31.3. The second-order valence-electron chi connectivity index (χ2n) is 6.82. The highest BCUT2D eigenvalue weighted by atomic mass is 16.5. The smallest absolute Gasteiger partial charge is 0.247 e. The molecule has 3 saturated heterocycles. The van der Waals surface area contributed by atoms with Crippen molar-refractivity contribution in [2.75, 3.05) is 33.3 Å². The minimum atomic E-state index is -0.307. The van der Waals surface area contributed by atoms with Gasteiger partial charge in [0.1, 0.15) is 17.8 Å². The molecule has 3 aliphatic rings. The molecular weight excluding hydrogens is 306 g/mol. The van der Waals surface area contributed by atoms with Gasteiger partial charge in [-0.3, -0.25) is 14.5 Å². The Morgan fingerprint density at radius 3 is 2.46 bits per heavy atom.